The summed E-state index contributed by atoms with van der Waals surface area (Å²) >= 11 is 0. The molecule has 1 aromatic carbocycles. The van der Waals surface area contributed by atoms with Gasteiger partial charge in [0.2, 0.25) is 5.91 Å². The van der Waals surface area contributed by atoms with E-state index in [4.69, 9.17) is 10.5 Å². The number of primary amides is 1. The third-order valence-corrected chi connectivity index (χ3v) is 3.14. The van der Waals surface area contributed by atoms with Crippen molar-refractivity contribution in [1.82, 2.24) is 0 Å². The molecule has 1 aliphatic heterocycles. The number of halogens is 1. The molecule has 1 fully saturated rings. The van der Waals surface area contributed by atoms with Crippen molar-refractivity contribution in [2.45, 2.75) is 25.3 Å². The van der Waals surface area contributed by atoms with Crippen molar-refractivity contribution in [2.24, 2.45) is 5.73 Å². The van der Waals surface area contributed by atoms with Gasteiger partial charge in [-0.05, 0) is 43.5 Å². The lowest BCUT2D eigenvalue weighted by Crippen LogP contribution is -2.56. The largest absolute Gasteiger partial charge is 0.378 e. The molecule has 1 unspecified atom stereocenters. The Morgan fingerprint density at radius 3 is 2.83 bits per heavy atom. The highest BCUT2D eigenvalue weighted by Crippen LogP contribution is 2.25. The average Bonchev–Trinajstić information content (AvgIpc) is 2.28. The summed E-state index contributed by atoms with van der Waals surface area (Å²) in [7, 11) is 0. The van der Waals surface area contributed by atoms with Crippen molar-refractivity contribution in [2.75, 3.05) is 18.5 Å². The molecular formula is C13H17FN2O2. The molecule has 18 heavy (non-hydrogen) atoms. The fourth-order valence-corrected chi connectivity index (χ4v) is 2.23. The van der Waals surface area contributed by atoms with Gasteiger partial charge in [-0.15, -0.1) is 0 Å². The van der Waals surface area contributed by atoms with Gasteiger partial charge >= 0.3 is 0 Å². The highest BCUT2D eigenvalue weighted by Gasteiger charge is 2.38. The van der Waals surface area contributed by atoms with Crippen LogP contribution in [0.25, 0.3) is 0 Å². The van der Waals surface area contributed by atoms with Crippen LogP contribution in [0, 0.1) is 12.7 Å². The Labute approximate surface area is 105 Å². The van der Waals surface area contributed by atoms with Crippen molar-refractivity contribution in [3.8, 4) is 0 Å². The van der Waals surface area contributed by atoms with E-state index in [0.717, 1.165) is 12.0 Å². The molecule has 0 spiro atoms. The van der Waals surface area contributed by atoms with Gasteiger partial charge in [-0.1, -0.05) is 0 Å². The van der Waals surface area contributed by atoms with Crippen LogP contribution in [0.4, 0.5) is 10.1 Å². The van der Waals surface area contributed by atoms with Crippen LogP contribution in [0.1, 0.15) is 18.4 Å². The molecule has 1 aliphatic rings. The van der Waals surface area contributed by atoms with Crippen LogP contribution in [0.5, 0.6) is 0 Å². The maximum atomic E-state index is 13.3. The molecule has 1 aromatic rings. The Morgan fingerprint density at radius 2 is 2.28 bits per heavy atom. The molecule has 1 atom stereocenters. The standard InChI is InChI=1S/C13H17FN2O2/c1-9-5-10(14)7-11(6-9)16-13(12(15)17)3-2-4-18-8-13/h5-7,16H,2-4,8H2,1H3,(H2,15,17). The molecule has 0 saturated carbocycles. The number of ether oxygens (including phenoxy) is 1. The van der Waals surface area contributed by atoms with E-state index in [1.54, 1.807) is 13.0 Å². The van der Waals surface area contributed by atoms with Gasteiger partial charge in [0.15, 0.2) is 0 Å². The van der Waals surface area contributed by atoms with Gasteiger partial charge in [-0.3, -0.25) is 4.79 Å². The number of rotatable bonds is 3. The molecule has 0 aliphatic carbocycles. The molecule has 4 nitrogen and oxygen atoms in total. The zero-order valence-corrected chi connectivity index (χ0v) is 10.3. The topological polar surface area (TPSA) is 64.3 Å². The molecule has 0 bridgehead atoms. The second kappa shape index (κ2) is 4.94. The number of benzene rings is 1. The maximum absolute atomic E-state index is 13.3. The number of carbonyl (C=O) groups excluding carboxylic acids is 1. The van der Waals surface area contributed by atoms with E-state index in [9.17, 15) is 9.18 Å². The summed E-state index contributed by atoms with van der Waals surface area (Å²) in [4.78, 5) is 11.6. The van der Waals surface area contributed by atoms with Crippen molar-refractivity contribution < 1.29 is 13.9 Å². The fourth-order valence-electron chi connectivity index (χ4n) is 2.23. The van der Waals surface area contributed by atoms with E-state index in [-0.39, 0.29) is 12.4 Å². The van der Waals surface area contributed by atoms with E-state index in [0.29, 0.717) is 18.7 Å². The van der Waals surface area contributed by atoms with Gasteiger partial charge in [0.05, 0.1) is 6.61 Å². The van der Waals surface area contributed by atoms with Crippen molar-refractivity contribution in [1.29, 1.82) is 0 Å². The predicted molar refractivity (Wildman–Crippen MR) is 66.7 cm³/mol. The zero-order chi connectivity index (χ0) is 13.2. The number of hydrogen-bond acceptors (Lipinski definition) is 3. The van der Waals surface area contributed by atoms with E-state index in [1.165, 1.54) is 12.1 Å². The molecule has 2 rings (SSSR count). The monoisotopic (exact) mass is 252 g/mol. The van der Waals surface area contributed by atoms with Crippen LogP contribution < -0.4 is 11.1 Å². The number of anilines is 1. The zero-order valence-electron chi connectivity index (χ0n) is 10.3. The Balaban J connectivity index is 2.25. The van der Waals surface area contributed by atoms with Crippen LogP contribution in [0.15, 0.2) is 18.2 Å². The number of carbonyl (C=O) groups is 1. The van der Waals surface area contributed by atoms with Gasteiger partial charge in [-0.25, -0.2) is 4.39 Å². The molecule has 0 aromatic heterocycles. The first-order valence-electron chi connectivity index (χ1n) is 5.95. The highest BCUT2D eigenvalue weighted by molar-refractivity contribution is 5.88. The maximum Gasteiger partial charge on any atom is 0.245 e. The predicted octanol–water partition coefficient (Wildman–Crippen LogP) is 1.58. The number of nitrogens with two attached hydrogens (primary N) is 1. The molecule has 98 valence electrons. The third-order valence-electron chi connectivity index (χ3n) is 3.14. The van der Waals surface area contributed by atoms with Crippen LogP contribution >= 0.6 is 0 Å². The molecule has 1 heterocycles. The van der Waals surface area contributed by atoms with E-state index in [2.05, 4.69) is 5.32 Å². The first kappa shape index (κ1) is 12.8. The lowest BCUT2D eigenvalue weighted by atomic mass is 9.91. The SMILES string of the molecule is Cc1cc(F)cc(NC2(C(N)=O)CCCOC2)c1. The van der Waals surface area contributed by atoms with E-state index in [1.807, 2.05) is 0 Å². The molecule has 5 heteroatoms. The third kappa shape index (κ3) is 2.61. The first-order chi connectivity index (χ1) is 8.52. The van der Waals surface area contributed by atoms with Gasteiger partial charge in [-0.2, -0.15) is 0 Å². The fraction of sp³-hybridized carbons (Fsp3) is 0.462. The summed E-state index contributed by atoms with van der Waals surface area (Å²) in [6, 6.07) is 4.56. The molecule has 0 radical (unpaired) electrons. The highest BCUT2D eigenvalue weighted by atomic mass is 19.1. The number of nitrogens with one attached hydrogen (secondary N) is 1. The second-order valence-electron chi connectivity index (χ2n) is 4.74. The van der Waals surface area contributed by atoms with Crippen molar-refractivity contribution in [3.05, 3.63) is 29.6 Å². The molecular weight excluding hydrogens is 235 g/mol. The van der Waals surface area contributed by atoms with Gasteiger partial charge < -0.3 is 15.8 Å². The summed E-state index contributed by atoms with van der Waals surface area (Å²) in [5.74, 6) is -0.807. The van der Waals surface area contributed by atoms with Crippen molar-refractivity contribution >= 4 is 11.6 Å². The minimum atomic E-state index is -0.932. The van der Waals surface area contributed by atoms with Gasteiger partial charge in [0, 0.05) is 12.3 Å². The van der Waals surface area contributed by atoms with Crippen LogP contribution in [-0.4, -0.2) is 24.7 Å². The Kier molecular flexibility index (Phi) is 3.52. The normalized spacial score (nSPS) is 23.7. The van der Waals surface area contributed by atoms with Crippen LogP contribution in [0.3, 0.4) is 0 Å². The lowest BCUT2D eigenvalue weighted by molar-refractivity contribution is -0.126. The van der Waals surface area contributed by atoms with Crippen LogP contribution in [-0.2, 0) is 9.53 Å². The minimum Gasteiger partial charge on any atom is -0.378 e. The summed E-state index contributed by atoms with van der Waals surface area (Å²) in [6.45, 7) is 2.64. The summed E-state index contributed by atoms with van der Waals surface area (Å²) in [5.41, 5.74) is 5.86. The smallest absolute Gasteiger partial charge is 0.245 e. The minimum absolute atomic E-state index is 0.220. The van der Waals surface area contributed by atoms with Crippen LogP contribution in [0.2, 0.25) is 0 Å². The molecule has 1 amide bonds. The molecule has 3 N–H and O–H groups in total. The summed E-state index contributed by atoms with van der Waals surface area (Å²) in [6.07, 6.45) is 1.35. The number of hydrogen-bond donors (Lipinski definition) is 2. The van der Waals surface area contributed by atoms with E-state index >= 15 is 0 Å². The second-order valence-corrected chi connectivity index (χ2v) is 4.74. The Hall–Kier alpha value is -1.62. The Morgan fingerprint density at radius 1 is 1.50 bits per heavy atom. The Bertz CT molecular complexity index is 436. The average molecular weight is 252 g/mol. The van der Waals surface area contributed by atoms with Gasteiger partial charge in [0.1, 0.15) is 11.4 Å². The number of amides is 1. The van der Waals surface area contributed by atoms with Crippen molar-refractivity contribution in [3.63, 3.8) is 0 Å². The quantitative estimate of drug-likeness (QED) is 0.858. The summed E-state index contributed by atoms with van der Waals surface area (Å²) < 4.78 is 18.6. The van der Waals surface area contributed by atoms with E-state index < -0.39 is 11.4 Å². The lowest BCUT2D eigenvalue weighted by Gasteiger charge is -2.35. The number of aryl methyl sites for hydroxylation is 1. The molecule has 1 saturated heterocycles. The first-order valence-corrected chi connectivity index (χ1v) is 5.95. The van der Waals surface area contributed by atoms with Gasteiger partial charge in [0.25, 0.3) is 0 Å². The summed E-state index contributed by atoms with van der Waals surface area (Å²) in [5, 5.41) is 3.04.